The Morgan fingerprint density at radius 2 is 1.48 bits per heavy atom. The molecule has 0 aromatic heterocycles. The van der Waals surface area contributed by atoms with E-state index >= 15 is 0 Å². The van der Waals surface area contributed by atoms with Gasteiger partial charge < -0.3 is 9.47 Å². The van der Waals surface area contributed by atoms with Crippen molar-refractivity contribution >= 4 is 17.8 Å². The molecule has 0 bridgehead atoms. The molecular formula is C19H28N2O4. The van der Waals surface area contributed by atoms with Crippen molar-refractivity contribution in [1.82, 2.24) is 0 Å². The summed E-state index contributed by atoms with van der Waals surface area (Å²) in [5, 5.41) is 7.17. The van der Waals surface area contributed by atoms with E-state index in [9.17, 15) is 9.59 Å². The van der Waals surface area contributed by atoms with Gasteiger partial charge in [-0.2, -0.15) is 0 Å². The van der Waals surface area contributed by atoms with Gasteiger partial charge in [0.25, 0.3) is 5.70 Å². The Kier molecular flexibility index (Phi) is 13.7. The van der Waals surface area contributed by atoms with Crippen LogP contribution in [0.25, 0.3) is 4.85 Å². The Balaban J connectivity index is 4.53. The number of nitrogens with one attached hydrogen (secondary N) is 1. The largest absolute Gasteiger partial charge is 0.471 e. The predicted molar refractivity (Wildman–Crippen MR) is 96.1 cm³/mol. The summed E-state index contributed by atoms with van der Waals surface area (Å²) >= 11 is 0. The average molecular weight is 348 g/mol. The summed E-state index contributed by atoms with van der Waals surface area (Å²) in [5.41, 5.74) is -0.613. The van der Waals surface area contributed by atoms with Gasteiger partial charge in [-0.05, 0) is 24.8 Å². The van der Waals surface area contributed by atoms with Crippen molar-refractivity contribution in [3.8, 4) is 0 Å². The van der Waals surface area contributed by atoms with Gasteiger partial charge in [0.15, 0.2) is 0 Å². The zero-order valence-electron chi connectivity index (χ0n) is 15.2. The lowest BCUT2D eigenvalue weighted by atomic mass is 10.2. The average Bonchev–Trinajstić information content (AvgIpc) is 2.62. The maximum absolute atomic E-state index is 11.9. The van der Waals surface area contributed by atoms with Crippen LogP contribution in [0.1, 0.15) is 65.2 Å². The van der Waals surface area contributed by atoms with Crippen LogP contribution in [0.4, 0.5) is 0 Å². The van der Waals surface area contributed by atoms with Gasteiger partial charge in [-0.15, -0.1) is 0 Å². The van der Waals surface area contributed by atoms with Crippen LogP contribution >= 0.6 is 0 Å². The lowest BCUT2D eigenvalue weighted by molar-refractivity contribution is -0.139. The molecule has 0 aliphatic carbocycles. The minimum Gasteiger partial charge on any atom is -0.471 e. The second kappa shape index (κ2) is 15.2. The van der Waals surface area contributed by atoms with E-state index in [-0.39, 0.29) is 24.5 Å². The third-order valence-electron chi connectivity index (χ3n) is 3.43. The zero-order valence-corrected chi connectivity index (χ0v) is 15.2. The minimum atomic E-state index is -0.796. The van der Waals surface area contributed by atoms with Crippen molar-refractivity contribution < 1.29 is 19.1 Å². The highest BCUT2D eigenvalue weighted by atomic mass is 16.5. The molecule has 138 valence electrons. The van der Waals surface area contributed by atoms with Crippen molar-refractivity contribution in [2.75, 3.05) is 13.2 Å². The van der Waals surface area contributed by atoms with E-state index in [1.165, 1.54) is 0 Å². The number of nitrogens with zero attached hydrogens (tertiary/aromatic N) is 1. The maximum Gasteiger partial charge on any atom is 0.346 e. The topological polar surface area (TPSA) is 80.8 Å². The van der Waals surface area contributed by atoms with Gasteiger partial charge in [0, 0.05) is 0 Å². The summed E-state index contributed by atoms with van der Waals surface area (Å²) in [5.74, 6) is 0.365. The number of hydrogen-bond donors (Lipinski definition) is 1. The van der Waals surface area contributed by atoms with Crippen molar-refractivity contribution in [3.05, 3.63) is 28.8 Å². The molecule has 0 amide bonds. The second-order valence-corrected chi connectivity index (χ2v) is 5.57. The third-order valence-corrected chi connectivity index (χ3v) is 3.43. The molecule has 0 saturated heterocycles. The number of ether oxygens (including phenoxy) is 2. The van der Waals surface area contributed by atoms with Crippen molar-refractivity contribution in [1.29, 1.82) is 5.41 Å². The van der Waals surface area contributed by atoms with Crippen LogP contribution in [0.15, 0.2) is 17.3 Å². The monoisotopic (exact) mass is 348 g/mol. The van der Waals surface area contributed by atoms with Gasteiger partial charge in [0.1, 0.15) is 5.57 Å². The maximum atomic E-state index is 11.9. The lowest BCUT2D eigenvalue weighted by Gasteiger charge is -2.05. The fraction of sp³-hybridized carbons (Fsp3) is 0.632. The van der Waals surface area contributed by atoms with Gasteiger partial charge in [-0.1, -0.05) is 52.4 Å². The fourth-order valence-electron chi connectivity index (χ4n) is 1.96. The number of carbonyl (C=O) groups excluding carboxylic acids is 2. The molecule has 6 nitrogen and oxygen atoms in total. The van der Waals surface area contributed by atoms with E-state index in [1.54, 1.807) is 0 Å². The highest BCUT2D eigenvalue weighted by Crippen LogP contribution is 2.09. The zero-order chi connectivity index (χ0) is 18.9. The quantitative estimate of drug-likeness (QED) is 0.135. The number of carbonyl (C=O) groups is 2. The van der Waals surface area contributed by atoms with Crippen molar-refractivity contribution in [2.24, 2.45) is 0 Å². The molecular weight excluding hydrogens is 320 g/mol. The van der Waals surface area contributed by atoms with Crippen LogP contribution < -0.4 is 0 Å². The number of rotatable bonds is 13. The summed E-state index contributed by atoms with van der Waals surface area (Å²) in [4.78, 5) is 26.8. The highest BCUT2D eigenvalue weighted by Gasteiger charge is 2.16. The van der Waals surface area contributed by atoms with Gasteiger partial charge >= 0.3 is 11.9 Å². The van der Waals surface area contributed by atoms with Crippen LogP contribution in [0.2, 0.25) is 0 Å². The molecule has 0 rings (SSSR count). The molecule has 0 spiro atoms. The minimum absolute atomic E-state index is 0.233. The second-order valence-electron chi connectivity index (χ2n) is 5.57. The summed E-state index contributed by atoms with van der Waals surface area (Å²) in [6, 6.07) is 0. The van der Waals surface area contributed by atoms with Crippen LogP contribution in [0.5, 0.6) is 0 Å². The predicted octanol–water partition coefficient (Wildman–Crippen LogP) is 4.21. The molecule has 6 heteroatoms. The van der Waals surface area contributed by atoms with Crippen LogP contribution in [-0.2, 0) is 19.1 Å². The molecule has 0 radical (unpaired) electrons. The molecule has 0 aromatic carbocycles. The number of hydrogen-bond acceptors (Lipinski definition) is 5. The molecule has 0 aromatic rings. The lowest BCUT2D eigenvalue weighted by Crippen LogP contribution is -2.11. The standard InChI is InChI=1S/C19H28N2O4/c1-4-6-8-10-12-24-18(22)16(15-20)14-17(21-3)19(23)25-13-11-9-7-5-2/h14,20H,4-13H2,1-2H3. The molecule has 0 heterocycles. The Labute approximate surface area is 150 Å². The van der Waals surface area contributed by atoms with Gasteiger partial charge in [-0.3, -0.25) is 10.2 Å². The molecule has 0 aliphatic rings. The van der Waals surface area contributed by atoms with E-state index in [2.05, 4.69) is 18.7 Å². The normalized spacial score (nSPS) is 10.5. The van der Waals surface area contributed by atoms with Crippen LogP contribution in [0.3, 0.4) is 0 Å². The van der Waals surface area contributed by atoms with Gasteiger partial charge in [0.05, 0.1) is 19.8 Å². The number of unbranched alkanes of at least 4 members (excludes halogenated alkanes) is 6. The molecule has 0 atom stereocenters. The van der Waals surface area contributed by atoms with Crippen molar-refractivity contribution in [3.63, 3.8) is 0 Å². The highest BCUT2D eigenvalue weighted by molar-refractivity contribution is 6.03. The first kappa shape index (κ1) is 22.6. The first-order chi connectivity index (χ1) is 12.1. The van der Waals surface area contributed by atoms with E-state index in [0.717, 1.165) is 57.4 Å². The summed E-state index contributed by atoms with van der Waals surface area (Å²) in [6.07, 6.45) is 8.68. The SMILES string of the molecule is [C-]#[N+]C(=CC(=C=N)C(=O)OCCCCCC)C(=O)OCCCCCC. The van der Waals surface area contributed by atoms with Crippen LogP contribution in [0, 0.1) is 12.0 Å². The molecule has 0 saturated carbocycles. The molecule has 1 N–H and O–H groups in total. The molecule has 0 fully saturated rings. The third kappa shape index (κ3) is 10.9. The Morgan fingerprint density at radius 1 is 0.960 bits per heavy atom. The Bertz CT molecular complexity index is 540. The first-order valence-electron chi connectivity index (χ1n) is 8.83. The summed E-state index contributed by atoms with van der Waals surface area (Å²) in [7, 11) is 0. The Morgan fingerprint density at radius 3 is 1.92 bits per heavy atom. The molecule has 0 aliphatic heterocycles. The van der Waals surface area contributed by atoms with Gasteiger partial charge in [-0.25, -0.2) is 9.64 Å². The van der Waals surface area contributed by atoms with E-state index < -0.39 is 11.9 Å². The van der Waals surface area contributed by atoms with Crippen molar-refractivity contribution in [2.45, 2.75) is 65.2 Å². The first-order valence-corrected chi connectivity index (χ1v) is 8.83. The fourth-order valence-corrected chi connectivity index (χ4v) is 1.96. The van der Waals surface area contributed by atoms with Crippen LogP contribution in [-0.4, -0.2) is 31.0 Å². The number of esters is 2. The Hall–Kier alpha value is -2.38. The van der Waals surface area contributed by atoms with E-state index in [4.69, 9.17) is 21.5 Å². The molecule has 0 unspecified atom stereocenters. The van der Waals surface area contributed by atoms with Gasteiger partial charge in [0.2, 0.25) is 0 Å². The van der Waals surface area contributed by atoms with E-state index in [0.29, 0.717) is 0 Å². The summed E-state index contributed by atoms with van der Waals surface area (Å²) in [6.45, 7) is 11.7. The van der Waals surface area contributed by atoms with E-state index in [1.807, 2.05) is 5.87 Å². The summed E-state index contributed by atoms with van der Waals surface area (Å²) < 4.78 is 10.1. The molecule has 25 heavy (non-hydrogen) atoms. The smallest absolute Gasteiger partial charge is 0.346 e.